The van der Waals surface area contributed by atoms with Crippen LogP contribution in [0.5, 0.6) is 0 Å². The van der Waals surface area contributed by atoms with Gasteiger partial charge in [0.2, 0.25) is 0 Å². The van der Waals surface area contributed by atoms with Crippen molar-refractivity contribution in [1.82, 2.24) is 0 Å². The maximum absolute atomic E-state index is 13.0. The average molecular weight is 241 g/mol. The Hall–Kier alpha value is -1.74. The minimum atomic E-state index is -1.65. The van der Waals surface area contributed by atoms with E-state index < -0.39 is 33.4 Å². The minimum Gasteiger partial charge on any atom is -0.478 e. The summed E-state index contributed by atoms with van der Waals surface area (Å²) in [6, 6.07) is 4.92. The molecule has 4 nitrogen and oxygen atoms in total. The first-order valence-electron chi connectivity index (χ1n) is 4.30. The number of rotatable bonds is 3. The van der Waals surface area contributed by atoms with Crippen molar-refractivity contribution < 1.29 is 18.5 Å². The van der Waals surface area contributed by atoms with Gasteiger partial charge in [0.05, 0.1) is 22.4 Å². The number of hydrogen-bond donors (Lipinski definition) is 1. The lowest BCUT2D eigenvalue weighted by molar-refractivity contribution is 0.0691. The fraction of sp³-hybridized carbons (Fsp3) is 0.200. The molecule has 0 saturated carbocycles. The monoisotopic (exact) mass is 241 g/mol. The molecule has 1 aromatic rings. The highest BCUT2D eigenvalue weighted by atomic mass is 32.2. The van der Waals surface area contributed by atoms with Gasteiger partial charge in [-0.2, -0.15) is 5.26 Å². The smallest absolute Gasteiger partial charge is 0.338 e. The molecule has 1 rings (SSSR count). The molecule has 2 atom stereocenters. The molecule has 6 heteroatoms. The molecule has 2 unspecified atom stereocenters. The third kappa shape index (κ3) is 2.44. The van der Waals surface area contributed by atoms with E-state index in [9.17, 15) is 13.4 Å². The summed E-state index contributed by atoms with van der Waals surface area (Å²) in [4.78, 5) is 10.8. The molecule has 0 amide bonds. The fourth-order valence-corrected chi connectivity index (χ4v) is 1.99. The van der Waals surface area contributed by atoms with Gasteiger partial charge in [0.15, 0.2) is 0 Å². The summed E-state index contributed by atoms with van der Waals surface area (Å²) in [6.45, 7) is 1.44. The summed E-state index contributed by atoms with van der Waals surface area (Å²) in [5.74, 6) is -2.32. The zero-order valence-electron chi connectivity index (χ0n) is 8.31. The zero-order chi connectivity index (χ0) is 12.3. The van der Waals surface area contributed by atoms with E-state index in [1.165, 1.54) is 13.0 Å². The Morgan fingerprint density at radius 1 is 1.62 bits per heavy atom. The molecule has 16 heavy (non-hydrogen) atoms. The van der Waals surface area contributed by atoms with Crippen LogP contribution in [-0.4, -0.2) is 20.5 Å². The van der Waals surface area contributed by atoms with Gasteiger partial charge in [0, 0.05) is 4.90 Å². The van der Waals surface area contributed by atoms with E-state index in [1.807, 2.05) is 0 Å². The first kappa shape index (κ1) is 12.3. The molecule has 0 spiro atoms. The number of benzene rings is 1. The van der Waals surface area contributed by atoms with Crippen LogP contribution in [0.4, 0.5) is 4.39 Å². The summed E-state index contributed by atoms with van der Waals surface area (Å²) >= 11 is 0. The second-order valence-corrected chi connectivity index (χ2v) is 4.79. The van der Waals surface area contributed by atoms with E-state index in [4.69, 9.17) is 10.4 Å². The van der Waals surface area contributed by atoms with E-state index in [-0.39, 0.29) is 4.90 Å². The van der Waals surface area contributed by atoms with E-state index in [1.54, 1.807) is 6.07 Å². The van der Waals surface area contributed by atoms with Crippen LogP contribution in [0.1, 0.15) is 17.3 Å². The Morgan fingerprint density at radius 2 is 2.25 bits per heavy atom. The Bertz CT molecular complexity index is 495. The van der Waals surface area contributed by atoms with Crippen molar-refractivity contribution in [2.24, 2.45) is 0 Å². The third-order valence-corrected chi connectivity index (χ3v) is 3.37. The van der Waals surface area contributed by atoms with Gasteiger partial charge in [-0.3, -0.25) is 4.21 Å². The summed E-state index contributed by atoms with van der Waals surface area (Å²) in [6.07, 6.45) is 0. The van der Waals surface area contributed by atoms with Crippen molar-refractivity contribution in [3.05, 3.63) is 29.6 Å². The maximum Gasteiger partial charge on any atom is 0.338 e. The van der Waals surface area contributed by atoms with Crippen LogP contribution in [0.2, 0.25) is 0 Å². The normalized spacial score (nSPS) is 13.8. The number of aromatic carboxylic acids is 1. The molecule has 0 radical (unpaired) electrons. The lowest BCUT2D eigenvalue weighted by atomic mass is 10.2. The molecule has 0 aliphatic carbocycles. The van der Waals surface area contributed by atoms with Crippen LogP contribution in [0.25, 0.3) is 0 Å². The zero-order valence-corrected chi connectivity index (χ0v) is 9.12. The fourth-order valence-electron chi connectivity index (χ4n) is 1.05. The first-order valence-corrected chi connectivity index (χ1v) is 5.51. The number of carboxylic acid groups (broad SMARTS) is 1. The van der Waals surface area contributed by atoms with Crippen molar-refractivity contribution >= 4 is 16.8 Å². The van der Waals surface area contributed by atoms with Crippen molar-refractivity contribution in [2.75, 3.05) is 0 Å². The number of carboxylic acids is 1. The highest BCUT2D eigenvalue weighted by Crippen LogP contribution is 2.16. The Kier molecular flexibility index (Phi) is 3.74. The average Bonchev–Trinajstić information content (AvgIpc) is 2.27. The van der Waals surface area contributed by atoms with Crippen LogP contribution < -0.4 is 0 Å². The summed E-state index contributed by atoms with van der Waals surface area (Å²) in [5, 5.41) is 16.5. The van der Waals surface area contributed by atoms with Crippen LogP contribution in [0.15, 0.2) is 23.1 Å². The quantitative estimate of drug-likeness (QED) is 0.870. The molecule has 0 aromatic heterocycles. The summed E-state index contributed by atoms with van der Waals surface area (Å²) in [7, 11) is -1.65. The molecule has 0 fully saturated rings. The molecule has 0 bridgehead atoms. The molecule has 84 valence electrons. The van der Waals surface area contributed by atoms with Gasteiger partial charge < -0.3 is 5.11 Å². The van der Waals surface area contributed by atoms with Crippen LogP contribution in [0.3, 0.4) is 0 Å². The largest absolute Gasteiger partial charge is 0.478 e. The highest BCUT2D eigenvalue weighted by Gasteiger charge is 2.17. The Balaban J connectivity index is 3.19. The first-order chi connectivity index (χ1) is 7.47. The Morgan fingerprint density at radius 3 is 2.75 bits per heavy atom. The van der Waals surface area contributed by atoms with Gasteiger partial charge in [-0.25, -0.2) is 9.18 Å². The second-order valence-electron chi connectivity index (χ2n) is 3.02. The van der Waals surface area contributed by atoms with Crippen LogP contribution in [0, 0.1) is 17.1 Å². The molecular formula is C10H8FNO3S. The van der Waals surface area contributed by atoms with E-state index >= 15 is 0 Å². The lowest BCUT2D eigenvalue weighted by Crippen LogP contribution is -2.10. The SMILES string of the molecule is CC(C#N)S(=O)c1ccc(F)c(C(=O)O)c1. The summed E-state index contributed by atoms with van der Waals surface area (Å²) < 4.78 is 24.7. The predicted molar refractivity (Wildman–Crippen MR) is 54.8 cm³/mol. The molecular weight excluding hydrogens is 233 g/mol. The predicted octanol–water partition coefficient (Wildman–Crippen LogP) is 1.54. The van der Waals surface area contributed by atoms with Gasteiger partial charge in [0.25, 0.3) is 0 Å². The number of halogens is 1. The number of nitriles is 1. The van der Waals surface area contributed by atoms with E-state index in [0.29, 0.717) is 0 Å². The Labute approximate surface area is 93.8 Å². The van der Waals surface area contributed by atoms with Gasteiger partial charge in [-0.05, 0) is 25.1 Å². The number of carbonyl (C=O) groups is 1. The van der Waals surface area contributed by atoms with Crippen molar-refractivity contribution in [2.45, 2.75) is 17.1 Å². The van der Waals surface area contributed by atoms with E-state index in [0.717, 1.165) is 12.1 Å². The number of hydrogen-bond acceptors (Lipinski definition) is 3. The topological polar surface area (TPSA) is 78.2 Å². The van der Waals surface area contributed by atoms with Gasteiger partial charge >= 0.3 is 5.97 Å². The molecule has 0 saturated heterocycles. The molecule has 0 heterocycles. The van der Waals surface area contributed by atoms with Crippen molar-refractivity contribution in [3.8, 4) is 6.07 Å². The maximum atomic E-state index is 13.0. The highest BCUT2D eigenvalue weighted by molar-refractivity contribution is 7.86. The van der Waals surface area contributed by atoms with Crippen LogP contribution in [-0.2, 0) is 10.8 Å². The summed E-state index contributed by atoms with van der Waals surface area (Å²) in [5.41, 5.74) is -0.545. The van der Waals surface area contributed by atoms with Crippen LogP contribution >= 0.6 is 0 Å². The molecule has 0 aliphatic heterocycles. The van der Waals surface area contributed by atoms with Crippen molar-refractivity contribution in [1.29, 1.82) is 5.26 Å². The lowest BCUT2D eigenvalue weighted by Gasteiger charge is -2.05. The van der Waals surface area contributed by atoms with E-state index in [2.05, 4.69) is 0 Å². The minimum absolute atomic E-state index is 0.132. The molecule has 0 aliphatic rings. The number of nitrogens with zero attached hydrogens (tertiary/aromatic N) is 1. The second kappa shape index (κ2) is 4.86. The van der Waals surface area contributed by atoms with Gasteiger partial charge in [0.1, 0.15) is 11.1 Å². The van der Waals surface area contributed by atoms with Gasteiger partial charge in [-0.1, -0.05) is 0 Å². The molecule has 1 aromatic carbocycles. The standard InChI is InChI=1S/C10H8FNO3S/c1-6(5-12)16(15)7-2-3-9(11)8(4-7)10(13)14/h2-4,6H,1H3,(H,13,14). The third-order valence-electron chi connectivity index (χ3n) is 1.90. The van der Waals surface area contributed by atoms with Gasteiger partial charge in [-0.15, -0.1) is 0 Å². The van der Waals surface area contributed by atoms with Crippen molar-refractivity contribution in [3.63, 3.8) is 0 Å². The molecule has 1 N–H and O–H groups in total.